The fourth-order valence-corrected chi connectivity index (χ4v) is 5.92. The lowest BCUT2D eigenvalue weighted by Crippen LogP contribution is -2.47. The van der Waals surface area contributed by atoms with Crippen molar-refractivity contribution in [3.63, 3.8) is 0 Å². The molecule has 0 spiro atoms. The van der Waals surface area contributed by atoms with Crippen molar-refractivity contribution in [2.45, 2.75) is 51.0 Å². The van der Waals surface area contributed by atoms with Gasteiger partial charge in [0.25, 0.3) is 0 Å². The maximum absolute atomic E-state index is 12.0. The van der Waals surface area contributed by atoms with E-state index < -0.39 is 11.5 Å². The lowest BCUT2D eigenvalue weighted by Gasteiger charge is -2.45. The summed E-state index contributed by atoms with van der Waals surface area (Å²) in [4.78, 5) is 11.8. The molecular weight excluding hydrogens is 398 g/mol. The molecular formula is C27H29N3O2. The van der Waals surface area contributed by atoms with Crippen LogP contribution in [0.25, 0.3) is 11.8 Å². The number of aromatic nitrogens is 2. The molecule has 1 fully saturated rings. The Balaban J connectivity index is 1.47. The predicted molar refractivity (Wildman–Crippen MR) is 125 cm³/mol. The predicted octanol–water partition coefficient (Wildman–Crippen LogP) is 4.46. The number of hydrogen-bond acceptors (Lipinski definition) is 3. The number of nitrogens with two attached hydrogens (primary N) is 1. The van der Waals surface area contributed by atoms with Gasteiger partial charge in [-0.05, 0) is 73.9 Å². The van der Waals surface area contributed by atoms with E-state index in [9.17, 15) is 9.90 Å². The highest BCUT2D eigenvalue weighted by atomic mass is 16.3. The molecule has 5 heteroatoms. The van der Waals surface area contributed by atoms with Crippen molar-refractivity contribution in [3.05, 3.63) is 88.8 Å². The summed E-state index contributed by atoms with van der Waals surface area (Å²) in [5, 5.41) is 16.7. The minimum absolute atomic E-state index is 0.299. The standard InChI is InChI=1S/C27H29N3O2/c1-2-26-17-20-18-29-30(22-9-4-3-5-10-22)24(20)16-21(26)13-15-27(26,32)14-12-19-8-6-7-11-23(19)25(28)31/h3-11,16,18,32H,2,12-15,17H2,1H3,(H2,28,31)/t26-,27-/m0/s1. The highest BCUT2D eigenvalue weighted by molar-refractivity contribution is 5.94. The normalized spacial score (nSPS) is 24.0. The Morgan fingerprint density at radius 3 is 2.66 bits per heavy atom. The highest BCUT2D eigenvalue weighted by Gasteiger charge is 2.56. The van der Waals surface area contributed by atoms with E-state index in [1.807, 2.05) is 47.3 Å². The molecule has 32 heavy (non-hydrogen) atoms. The van der Waals surface area contributed by atoms with Crippen molar-refractivity contribution in [2.75, 3.05) is 0 Å². The van der Waals surface area contributed by atoms with Gasteiger partial charge >= 0.3 is 0 Å². The molecule has 2 aromatic carbocycles. The molecule has 1 aromatic heterocycles. The topological polar surface area (TPSA) is 81.1 Å². The average molecular weight is 428 g/mol. The van der Waals surface area contributed by atoms with Crippen LogP contribution in [0.2, 0.25) is 0 Å². The first-order valence-corrected chi connectivity index (χ1v) is 11.4. The third kappa shape index (κ3) is 3.11. The summed E-state index contributed by atoms with van der Waals surface area (Å²) in [6.45, 7) is 2.17. The first-order chi connectivity index (χ1) is 15.5. The molecule has 164 valence electrons. The Bertz CT molecular complexity index is 1200. The minimum atomic E-state index is -0.828. The second kappa shape index (κ2) is 7.75. The van der Waals surface area contributed by atoms with E-state index in [4.69, 9.17) is 5.73 Å². The maximum atomic E-state index is 12.0. The van der Waals surface area contributed by atoms with Gasteiger partial charge in [0.05, 0.1) is 23.2 Å². The van der Waals surface area contributed by atoms with E-state index in [1.165, 1.54) is 11.1 Å². The van der Waals surface area contributed by atoms with Crippen LogP contribution < -0.4 is 5.73 Å². The molecule has 3 N–H and O–H groups in total. The monoisotopic (exact) mass is 427 g/mol. The Morgan fingerprint density at radius 1 is 1.16 bits per heavy atom. The van der Waals surface area contributed by atoms with Crippen LogP contribution in [-0.4, -0.2) is 26.4 Å². The van der Waals surface area contributed by atoms with E-state index >= 15 is 0 Å². The molecule has 1 amide bonds. The number of fused-ring (bicyclic) bond motifs is 2. The van der Waals surface area contributed by atoms with Gasteiger partial charge in [-0.3, -0.25) is 4.79 Å². The molecule has 2 aliphatic rings. The molecule has 1 saturated carbocycles. The highest BCUT2D eigenvalue weighted by Crippen LogP contribution is 2.58. The number of primary amides is 1. The number of aryl methyl sites for hydroxylation is 1. The zero-order chi connectivity index (χ0) is 22.3. The summed E-state index contributed by atoms with van der Waals surface area (Å²) in [6.07, 6.45) is 8.70. The molecule has 5 nitrogen and oxygen atoms in total. The van der Waals surface area contributed by atoms with Crippen molar-refractivity contribution in [1.82, 2.24) is 9.78 Å². The molecule has 0 saturated heterocycles. The van der Waals surface area contributed by atoms with Gasteiger partial charge in [-0.1, -0.05) is 48.9 Å². The maximum Gasteiger partial charge on any atom is 0.248 e. The van der Waals surface area contributed by atoms with Gasteiger partial charge in [0.15, 0.2) is 0 Å². The summed E-state index contributed by atoms with van der Waals surface area (Å²) in [5.41, 5.74) is 10.6. The van der Waals surface area contributed by atoms with Gasteiger partial charge in [0, 0.05) is 11.0 Å². The first-order valence-electron chi connectivity index (χ1n) is 11.4. The SMILES string of the molecule is CC[C@]12Cc3cnn(-c4ccccc4)c3C=C1CC[C@@]2(O)CCc1ccccc1C(N)=O. The summed E-state index contributed by atoms with van der Waals surface area (Å²) < 4.78 is 2.00. The van der Waals surface area contributed by atoms with Gasteiger partial charge in [-0.25, -0.2) is 4.68 Å². The number of hydrogen-bond donors (Lipinski definition) is 2. The molecule has 0 unspecified atom stereocenters. The van der Waals surface area contributed by atoms with Crippen LogP contribution in [0, 0.1) is 5.41 Å². The smallest absolute Gasteiger partial charge is 0.248 e. The van der Waals surface area contributed by atoms with E-state index in [0.29, 0.717) is 18.4 Å². The van der Waals surface area contributed by atoms with Gasteiger partial charge in [0.1, 0.15) is 0 Å². The Hall–Kier alpha value is -3.18. The lowest BCUT2D eigenvalue weighted by molar-refractivity contribution is -0.0569. The van der Waals surface area contributed by atoms with Crippen molar-refractivity contribution >= 4 is 12.0 Å². The molecule has 2 atom stereocenters. The van der Waals surface area contributed by atoms with Crippen LogP contribution in [0.4, 0.5) is 0 Å². The molecule has 5 rings (SSSR count). The van der Waals surface area contributed by atoms with Crippen molar-refractivity contribution in [1.29, 1.82) is 0 Å². The number of carbonyl (C=O) groups excluding carboxylic acids is 1. The molecule has 0 radical (unpaired) electrons. The van der Waals surface area contributed by atoms with Crippen LogP contribution in [0.3, 0.4) is 0 Å². The molecule has 2 aliphatic carbocycles. The lowest BCUT2D eigenvalue weighted by atomic mass is 9.63. The summed E-state index contributed by atoms with van der Waals surface area (Å²) in [7, 11) is 0. The quantitative estimate of drug-likeness (QED) is 0.609. The van der Waals surface area contributed by atoms with Gasteiger partial charge in [-0.2, -0.15) is 5.10 Å². The molecule has 0 bridgehead atoms. The number of para-hydroxylation sites is 1. The van der Waals surface area contributed by atoms with Crippen molar-refractivity contribution in [3.8, 4) is 5.69 Å². The van der Waals surface area contributed by atoms with Crippen LogP contribution >= 0.6 is 0 Å². The Labute approximate surface area is 188 Å². The largest absolute Gasteiger partial charge is 0.389 e. The number of aliphatic hydroxyl groups is 1. The van der Waals surface area contributed by atoms with Crippen LogP contribution in [0.5, 0.6) is 0 Å². The van der Waals surface area contributed by atoms with E-state index in [1.54, 1.807) is 6.07 Å². The minimum Gasteiger partial charge on any atom is -0.389 e. The summed E-state index contributed by atoms with van der Waals surface area (Å²) in [6, 6.07) is 17.6. The molecule has 1 heterocycles. The fourth-order valence-electron chi connectivity index (χ4n) is 5.92. The van der Waals surface area contributed by atoms with Gasteiger partial charge in [-0.15, -0.1) is 0 Å². The van der Waals surface area contributed by atoms with E-state index in [2.05, 4.69) is 30.2 Å². The third-order valence-corrected chi connectivity index (χ3v) is 7.70. The van der Waals surface area contributed by atoms with E-state index in [-0.39, 0.29) is 5.41 Å². The second-order valence-corrected chi connectivity index (χ2v) is 9.14. The summed E-state index contributed by atoms with van der Waals surface area (Å²) >= 11 is 0. The molecule has 3 aromatic rings. The zero-order valence-corrected chi connectivity index (χ0v) is 18.4. The van der Waals surface area contributed by atoms with Crippen LogP contribution in [-0.2, 0) is 12.8 Å². The third-order valence-electron chi connectivity index (χ3n) is 7.70. The Morgan fingerprint density at radius 2 is 1.91 bits per heavy atom. The summed E-state index contributed by atoms with van der Waals surface area (Å²) in [5.74, 6) is -0.416. The molecule has 0 aliphatic heterocycles. The average Bonchev–Trinajstić information content (AvgIpc) is 3.35. The fraction of sp³-hybridized carbons (Fsp3) is 0.333. The second-order valence-electron chi connectivity index (χ2n) is 9.14. The van der Waals surface area contributed by atoms with Crippen LogP contribution in [0.15, 0.2) is 66.4 Å². The van der Waals surface area contributed by atoms with Crippen molar-refractivity contribution < 1.29 is 9.90 Å². The number of carbonyl (C=O) groups is 1. The van der Waals surface area contributed by atoms with Gasteiger partial charge in [0.2, 0.25) is 5.91 Å². The first kappa shape index (κ1) is 20.7. The van der Waals surface area contributed by atoms with E-state index in [0.717, 1.165) is 42.6 Å². The number of benzene rings is 2. The number of rotatable bonds is 6. The zero-order valence-electron chi connectivity index (χ0n) is 18.4. The van der Waals surface area contributed by atoms with Gasteiger partial charge < -0.3 is 10.8 Å². The van der Waals surface area contributed by atoms with Crippen molar-refractivity contribution in [2.24, 2.45) is 11.1 Å². The van der Waals surface area contributed by atoms with Crippen LogP contribution in [0.1, 0.15) is 59.8 Å². The number of nitrogens with zero attached hydrogens (tertiary/aromatic N) is 2. The Kier molecular flexibility index (Phi) is 5.01. The number of amides is 1.